The van der Waals surface area contributed by atoms with Crippen LogP contribution in [0.2, 0.25) is 0 Å². The molecule has 0 amide bonds. The molecule has 2 aromatic carbocycles. The van der Waals surface area contributed by atoms with Crippen LogP contribution in [-0.4, -0.2) is 13.3 Å². The first-order valence-corrected chi connectivity index (χ1v) is 8.26. The van der Waals surface area contributed by atoms with Crippen LogP contribution in [0.5, 0.6) is 0 Å². The molecule has 3 rings (SSSR count). The zero-order valence-electron chi connectivity index (χ0n) is 12.0. The number of benzene rings is 2. The summed E-state index contributed by atoms with van der Waals surface area (Å²) in [7, 11) is -2.13. The fourth-order valence-corrected chi connectivity index (χ4v) is 3.15. The van der Waals surface area contributed by atoms with Crippen LogP contribution in [0.15, 0.2) is 84.5 Å². The van der Waals surface area contributed by atoms with E-state index < -0.39 is 10.3 Å². The van der Waals surface area contributed by atoms with Crippen LogP contribution in [0, 0.1) is 0 Å². The lowest BCUT2D eigenvalue weighted by Crippen LogP contribution is -2.08. The summed E-state index contributed by atoms with van der Waals surface area (Å²) in [6.45, 7) is 0. The molecule has 3 heteroatoms. The maximum Gasteiger partial charge on any atom is 0.217 e. The maximum atomic E-state index is 11.1. The Bertz CT molecular complexity index is 797. The second kappa shape index (κ2) is 6.58. The average molecular weight is 308 g/mol. The van der Waals surface area contributed by atoms with Crippen molar-refractivity contribution >= 4 is 15.2 Å². The van der Waals surface area contributed by atoms with Crippen molar-refractivity contribution in [1.29, 1.82) is 0 Å². The van der Waals surface area contributed by atoms with E-state index in [2.05, 4.69) is 24.3 Å². The van der Waals surface area contributed by atoms with Gasteiger partial charge in [0.25, 0.3) is 0 Å². The lowest BCUT2D eigenvalue weighted by Gasteiger charge is -2.21. The third-order valence-electron chi connectivity index (χ3n) is 3.81. The predicted octanol–water partition coefficient (Wildman–Crippen LogP) is 3.76. The molecule has 0 unspecified atom stereocenters. The van der Waals surface area contributed by atoms with Gasteiger partial charge in [-0.1, -0.05) is 72.8 Å². The Balaban J connectivity index is 2.05. The molecule has 1 aliphatic carbocycles. The smallest absolute Gasteiger partial charge is 0.184 e. The van der Waals surface area contributed by atoms with Gasteiger partial charge in [-0.2, -0.15) is 8.42 Å². The van der Waals surface area contributed by atoms with E-state index in [1.165, 1.54) is 11.1 Å². The van der Waals surface area contributed by atoms with E-state index in [0.29, 0.717) is 11.3 Å². The van der Waals surface area contributed by atoms with Crippen LogP contribution in [-0.2, 0) is 10.3 Å². The van der Waals surface area contributed by atoms with Gasteiger partial charge in [-0.3, -0.25) is 0 Å². The second-order valence-electron chi connectivity index (χ2n) is 5.20. The summed E-state index contributed by atoms with van der Waals surface area (Å²) in [6, 6.07) is 20.6. The van der Waals surface area contributed by atoms with Crippen LogP contribution in [0.4, 0.5) is 0 Å². The molecule has 0 aliphatic heterocycles. The highest BCUT2D eigenvalue weighted by Crippen LogP contribution is 2.33. The summed E-state index contributed by atoms with van der Waals surface area (Å²) in [5.74, 6) is 0.125. The van der Waals surface area contributed by atoms with E-state index in [1.54, 1.807) is 6.08 Å². The van der Waals surface area contributed by atoms with Gasteiger partial charge in [0.2, 0.25) is 10.3 Å². The third kappa shape index (κ3) is 3.10. The summed E-state index contributed by atoms with van der Waals surface area (Å²) in [5.41, 5.74) is 3.54. The van der Waals surface area contributed by atoms with Crippen LogP contribution in [0.25, 0.3) is 0 Å². The average Bonchev–Trinajstić information content (AvgIpc) is 2.57. The zero-order valence-corrected chi connectivity index (χ0v) is 12.8. The molecule has 0 spiro atoms. The molecule has 0 heterocycles. The third-order valence-corrected chi connectivity index (χ3v) is 4.54. The van der Waals surface area contributed by atoms with E-state index in [0.717, 1.165) is 5.57 Å². The molecule has 0 aromatic heterocycles. The van der Waals surface area contributed by atoms with E-state index >= 15 is 0 Å². The van der Waals surface area contributed by atoms with Crippen molar-refractivity contribution in [2.75, 3.05) is 0 Å². The molecular formula is C19H16O2S. The highest BCUT2D eigenvalue weighted by atomic mass is 32.2. The summed E-state index contributed by atoms with van der Waals surface area (Å²) < 4.78 is 22.1. The number of rotatable bonds is 3. The number of hydrogen-bond acceptors (Lipinski definition) is 2. The zero-order chi connectivity index (χ0) is 15.4. The summed E-state index contributed by atoms with van der Waals surface area (Å²) in [4.78, 5) is 0.434. The van der Waals surface area contributed by atoms with Gasteiger partial charge < -0.3 is 0 Å². The minimum Gasteiger partial charge on any atom is -0.184 e. The molecule has 0 saturated heterocycles. The Hall–Kier alpha value is -2.39. The number of hydrogen-bond donors (Lipinski definition) is 0. The molecule has 0 bridgehead atoms. The Morgan fingerprint density at radius 2 is 1.32 bits per heavy atom. The second-order valence-corrected chi connectivity index (χ2v) is 6.19. The van der Waals surface area contributed by atoms with Gasteiger partial charge in [-0.05, 0) is 22.8 Å². The van der Waals surface area contributed by atoms with E-state index in [9.17, 15) is 8.42 Å². The Kier molecular flexibility index (Phi) is 4.35. The molecule has 22 heavy (non-hydrogen) atoms. The highest BCUT2D eigenvalue weighted by Gasteiger charge is 2.19. The van der Waals surface area contributed by atoms with Gasteiger partial charge in [-0.25, -0.2) is 0 Å². The van der Waals surface area contributed by atoms with Gasteiger partial charge in [-0.15, -0.1) is 0 Å². The van der Waals surface area contributed by atoms with Crippen molar-refractivity contribution in [3.63, 3.8) is 0 Å². The quantitative estimate of drug-likeness (QED) is 0.809. The Morgan fingerprint density at radius 1 is 0.773 bits per heavy atom. The minimum absolute atomic E-state index is 0.125. The largest absolute Gasteiger partial charge is 0.217 e. The Morgan fingerprint density at radius 3 is 1.73 bits per heavy atom. The van der Waals surface area contributed by atoms with Gasteiger partial charge in [0.05, 0.1) is 4.86 Å². The minimum atomic E-state index is -2.13. The molecule has 0 atom stereocenters. The summed E-state index contributed by atoms with van der Waals surface area (Å²) in [6.07, 6.45) is 6.09. The first-order chi connectivity index (χ1) is 10.8. The van der Waals surface area contributed by atoms with Crippen molar-refractivity contribution < 1.29 is 8.42 Å². The first-order valence-electron chi connectivity index (χ1n) is 7.19. The van der Waals surface area contributed by atoms with Crippen LogP contribution in [0.3, 0.4) is 0 Å². The summed E-state index contributed by atoms with van der Waals surface area (Å²) in [5, 5.41) is 0. The van der Waals surface area contributed by atoms with E-state index in [-0.39, 0.29) is 5.92 Å². The highest BCUT2D eigenvalue weighted by molar-refractivity contribution is 7.73. The molecular weight excluding hydrogens is 292 g/mol. The van der Waals surface area contributed by atoms with Crippen LogP contribution >= 0.6 is 0 Å². The van der Waals surface area contributed by atoms with E-state index in [1.807, 2.05) is 48.6 Å². The Labute approximate surface area is 132 Å². The first kappa shape index (κ1) is 14.5. The molecule has 0 radical (unpaired) electrons. The molecule has 110 valence electrons. The molecule has 0 N–H and O–H groups in total. The van der Waals surface area contributed by atoms with Gasteiger partial charge in [0, 0.05) is 12.3 Å². The molecule has 1 aliphatic rings. The van der Waals surface area contributed by atoms with Crippen LogP contribution < -0.4 is 0 Å². The van der Waals surface area contributed by atoms with Gasteiger partial charge in [0.15, 0.2) is 0 Å². The lowest BCUT2D eigenvalue weighted by molar-refractivity contribution is 0.627. The fourth-order valence-electron chi connectivity index (χ4n) is 2.75. The molecule has 0 saturated carbocycles. The lowest BCUT2D eigenvalue weighted by atomic mass is 9.83. The van der Waals surface area contributed by atoms with Crippen LogP contribution in [0.1, 0.15) is 23.5 Å². The van der Waals surface area contributed by atoms with Crippen molar-refractivity contribution in [2.45, 2.75) is 12.3 Å². The van der Waals surface area contributed by atoms with Crippen molar-refractivity contribution in [3.8, 4) is 0 Å². The van der Waals surface area contributed by atoms with Gasteiger partial charge >= 0.3 is 0 Å². The number of allylic oxidation sites excluding steroid dienone is 4. The van der Waals surface area contributed by atoms with Crippen molar-refractivity contribution in [2.24, 2.45) is 0 Å². The normalized spacial score (nSPS) is 14.0. The topological polar surface area (TPSA) is 34.1 Å². The fraction of sp³-hybridized carbons (Fsp3) is 0.105. The van der Waals surface area contributed by atoms with Crippen molar-refractivity contribution in [3.05, 3.63) is 95.6 Å². The van der Waals surface area contributed by atoms with Gasteiger partial charge in [0.1, 0.15) is 0 Å². The molecule has 0 fully saturated rings. The van der Waals surface area contributed by atoms with Crippen molar-refractivity contribution in [1.82, 2.24) is 0 Å². The molecule has 2 nitrogen and oxygen atoms in total. The predicted molar refractivity (Wildman–Crippen MR) is 90.5 cm³/mol. The maximum absolute atomic E-state index is 11.1. The summed E-state index contributed by atoms with van der Waals surface area (Å²) >= 11 is 0. The SMILES string of the molecule is O=S(=O)=C1C=CC(C(c2ccccc2)c2ccccc2)=CC1. The monoisotopic (exact) mass is 308 g/mol. The standard InChI is InChI=1S/C19H16O2S/c20-22(21)18-13-11-17(12-14-18)19(15-7-3-1-4-8-15)16-9-5-2-6-10-16/h1-13,19H,14H2. The van der Waals surface area contributed by atoms with E-state index in [4.69, 9.17) is 0 Å². The molecule has 2 aromatic rings.